The molecule has 1 amide bonds. The summed E-state index contributed by atoms with van der Waals surface area (Å²) in [5.74, 6) is -0.215. The summed E-state index contributed by atoms with van der Waals surface area (Å²) in [4.78, 5) is 13.9. The smallest absolute Gasteiger partial charge is 0.227 e. The fraction of sp³-hybridized carbons (Fsp3) is 0.462. The lowest BCUT2D eigenvalue weighted by Crippen LogP contribution is -2.52. The summed E-state index contributed by atoms with van der Waals surface area (Å²) in [6, 6.07) is 6.45. The Kier molecular flexibility index (Phi) is 3.74. The number of halogens is 1. The summed E-state index contributed by atoms with van der Waals surface area (Å²) >= 11 is 0. The molecule has 1 atom stereocenters. The van der Waals surface area contributed by atoms with E-state index >= 15 is 0 Å². The normalized spacial score (nSPS) is 20.4. The average molecular weight is 236 g/mol. The van der Waals surface area contributed by atoms with Crippen LogP contribution >= 0.6 is 0 Å². The zero-order valence-electron chi connectivity index (χ0n) is 9.95. The highest BCUT2D eigenvalue weighted by molar-refractivity contribution is 5.79. The summed E-state index contributed by atoms with van der Waals surface area (Å²) in [5, 5.41) is 3.24. The summed E-state index contributed by atoms with van der Waals surface area (Å²) in [6.45, 7) is 4.42. The van der Waals surface area contributed by atoms with E-state index in [1.165, 1.54) is 12.1 Å². The Bertz CT molecular complexity index is 408. The first-order valence-electron chi connectivity index (χ1n) is 5.91. The monoisotopic (exact) mass is 236 g/mol. The molecule has 1 aliphatic heterocycles. The van der Waals surface area contributed by atoms with Gasteiger partial charge in [0.1, 0.15) is 5.82 Å². The van der Waals surface area contributed by atoms with E-state index in [1.54, 1.807) is 12.1 Å². The minimum absolute atomic E-state index is 0.0737. The topological polar surface area (TPSA) is 32.3 Å². The van der Waals surface area contributed by atoms with E-state index in [2.05, 4.69) is 5.32 Å². The molecule has 1 aromatic rings. The van der Waals surface area contributed by atoms with Crippen molar-refractivity contribution in [2.75, 3.05) is 19.6 Å². The highest BCUT2D eigenvalue weighted by Crippen LogP contribution is 2.09. The minimum Gasteiger partial charge on any atom is -0.337 e. The van der Waals surface area contributed by atoms with Gasteiger partial charge in [-0.15, -0.1) is 0 Å². The van der Waals surface area contributed by atoms with Crippen molar-refractivity contribution in [3.63, 3.8) is 0 Å². The highest BCUT2D eigenvalue weighted by Gasteiger charge is 2.22. The molecule has 1 saturated heterocycles. The Hall–Kier alpha value is -1.42. The maximum atomic E-state index is 13.0. The second-order valence-corrected chi connectivity index (χ2v) is 4.45. The summed E-state index contributed by atoms with van der Waals surface area (Å²) in [6.07, 6.45) is 0.280. The molecule has 0 saturated carbocycles. The fourth-order valence-electron chi connectivity index (χ4n) is 2.13. The third-order valence-electron chi connectivity index (χ3n) is 3.07. The largest absolute Gasteiger partial charge is 0.337 e. The molecule has 0 aliphatic carbocycles. The molecular weight excluding hydrogens is 219 g/mol. The third kappa shape index (κ3) is 3.03. The molecule has 0 aromatic heterocycles. The van der Waals surface area contributed by atoms with Crippen LogP contribution in [0.1, 0.15) is 12.5 Å². The van der Waals surface area contributed by atoms with Crippen LogP contribution in [0.15, 0.2) is 24.3 Å². The number of carbonyl (C=O) groups is 1. The van der Waals surface area contributed by atoms with Crippen molar-refractivity contribution in [1.29, 1.82) is 0 Å². The highest BCUT2D eigenvalue weighted by atomic mass is 19.1. The van der Waals surface area contributed by atoms with Crippen molar-refractivity contribution in [1.82, 2.24) is 10.2 Å². The van der Waals surface area contributed by atoms with Gasteiger partial charge in [-0.25, -0.2) is 4.39 Å². The summed E-state index contributed by atoms with van der Waals surface area (Å²) in [5.41, 5.74) is 0.737. The van der Waals surface area contributed by atoms with Crippen LogP contribution in [0.5, 0.6) is 0 Å². The van der Waals surface area contributed by atoms with Crippen molar-refractivity contribution < 1.29 is 9.18 Å². The van der Waals surface area contributed by atoms with E-state index in [-0.39, 0.29) is 24.2 Å². The molecule has 92 valence electrons. The van der Waals surface area contributed by atoms with Crippen molar-refractivity contribution in [3.8, 4) is 0 Å². The van der Waals surface area contributed by atoms with Crippen molar-refractivity contribution >= 4 is 5.91 Å². The van der Waals surface area contributed by atoms with Gasteiger partial charge in [-0.1, -0.05) is 12.1 Å². The number of carbonyl (C=O) groups excluding carboxylic acids is 1. The quantitative estimate of drug-likeness (QED) is 0.836. The molecule has 1 N–H and O–H groups in total. The average Bonchev–Trinajstić information content (AvgIpc) is 2.29. The van der Waals surface area contributed by atoms with Gasteiger partial charge in [-0.3, -0.25) is 4.79 Å². The van der Waals surface area contributed by atoms with Gasteiger partial charge >= 0.3 is 0 Å². The molecule has 1 heterocycles. The second-order valence-electron chi connectivity index (χ2n) is 4.45. The van der Waals surface area contributed by atoms with Crippen LogP contribution in [-0.2, 0) is 11.2 Å². The lowest BCUT2D eigenvalue weighted by Gasteiger charge is -2.34. The number of piperazine rings is 1. The molecule has 0 bridgehead atoms. The van der Waals surface area contributed by atoms with Gasteiger partial charge < -0.3 is 10.2 Å². The van der Waals surface area contributed by atoms with Gasteiger partial charge in [0.05, 0.1) is 6.42 Å². The Balaban J connectivity index is 2.01. The first-order chi connectivity index (χ1) is 8.16. The molecular formula is C13H17FN2O. The van der Waals surface area contributed by atoms with E-state index in [0.29, 0.717) is 0 Å². The Morgan fingerprint density at radius 2 is 2.41 bits per heavy atom. The molecule has 3 nitrogen and oxygen atoms in total. The van der Waals surface area contributed by atoms with Crippen LogP contribution in [0, 0.1) is 5.82 Å². The maximum absolute atomic E-state index is 13.0. The van der Waals surface area contributed by atoms with Crippen LogP contribution in [0.4, 0.5) is 4.39 Å². The second kappa shape index (κ2) is 5.27. The number of nitrogens with one attached hydrogen (secondary N) is 1. The molecule has 2 rings (SSSR count). The summed E-state index contributed by atoms with van der Waals surface area (Å²) in [7, 11) is 0. The molecule has 1 aromatic carbocycles. The van der Waals surface area contributed by atoms with Gasteiger partial charge in [0.2, 0.25) is 5.91 Å². The van der Waals surface area contributed by atoms with E-state index < -0.39 is 0 Å². The predicted octanol–water partition coefficient (Wildman–Crippen LogP) is 1.19. The Morgan fingerprint density at radius 1 is 1.59 bits per heavy atom. The predicted molar refractivity (Wildman–Crippen MR) is 64.1 cm³/mol. The van der Waals surface area contributed by atoms with Crippen LogP contribution in [-0.4, -0.2) is 36.5 Å². The van der Waals surface area contributed by atoms with Gasteiger partial charge in [-0.05, 0) is 24.6 Å². The van der Waals surface area contributed by atoms with E-state index in [4.69, 9.17) is 0 Å². The van der Waals surface area contributed by atoms with Crippen molar-refractivity contribution in [2.45, 2.75) is 19.4 Å². The lowest BCUT2D eigenvalue weighted by atomic mass is 10.1. The van der Waals surface area contributed by atoms with Gasteiger partial charge in [0.15, 0.2) is 0 Å². The zero-order valence-corrected chi connectivity index (χ0v) is 9.95. The lowest BCUT2D eigenvalue weighted by molar-refractivity contribution is -0.133. The number of benzene rings is 1. The first-order valence-corrected chi connectivity index (χ1v) is 5.91. The summed E-state index contributed by atoms with van der Waals surface area (Å²) < 4.78 is 13.0. The number of amides is 1. The molecule has 0 radical (unpaired) electrons. The molecule has 4 heteroatoms. The Morgan fingerprint density at radius 3 is 3.12 bits per heavy atom. The van der Waals surface area contributed by atoms with Gasteiger partial charge in [-0.2, -0.15) is 0 Å². The van der Waals surface area contributed by atoms with E-state index in [0.717, 1.165) is 25.2 Å². The molecule has 1 aliphatic rings. The van der Waals surface area contributed by atoms with E-state index in [9.17, 15) is 9.18 Å². The minimum atomic E-state index is -0.288. The number of hydrogen-bond donors (Lipinski definition) is 1. The maximum Gasteiger partial charge on any atom is 0.227 e. The Labute approximate surface area is 101 Å². The third-order valence-corrected chi connectivity index (χ3v) is 3.07. The molecule has 17 heavy (non-hydrogen) atoms. The van der Waals surface area contributed by atoms with Crippen LogP contribution in [0.25, 0.3) is 0 Å². The fourth-order valence-corrected chi connectivity index (χ4v) is 2.13. The van der Waals surface area contributed by atoms with Crippen molar-refractivity contribution in [2.24, 2.45) is 0 Å². The molecule has 1 fully saturated rings. The van der Waals surface area contributed by atoms with E-state index in [1.807, 2.05) is 11.8 Å². The molecule has 0 spiro atoms. The van der Waals surface area contributed by atoms with Gasteiger partial charge in [0.25, 0.3) is 0 Å². The molecule has 1 unspecified atom stereocenters. The van der Waals surface area contributed by atoms with Crippen LogP contribution in [0.3, 0.4) is 0 Å². The SMILES string of the molecule is CC1CNCCN1C(=O)Cc1cccc(F)c1. The number of hydrogen-bond acceptors (Lipinski definition) is 2. The van der Waals surface area contributed by atoms with Crippen molar-refractivity contribution in [3.05, 3.63) is 35.6 Å². The zero-order chi connectivity index (χ0) is 12.3. The number of rotatable bonds is 2. The van der Waals surface area contributed by atoms with Crippen LogP contribution < -0.4 is 5.32 Å². The standard InChI is InChI=1S/C13H17FN2O/c1-10-9-15-5-6-16(10)13(17)8-11-3-2-4-12(14)7-11/h2-4,7,10,15H,5-6,8-9H2,1H3. The number of nitrogens with zero attached hydrogens (tertiary/aromatic N) is 1. The van der Waals surface area contributed by atoms with Gasteiger partial charge in [0, 0.05) is 25.7 Å². The van der Waals surface area contributed by atoms with Crippen LogP contribution in [0.2, 0.25) is 0 Å². The first kappa shape index (κ1) is 12.0.